The first-order valence-corrected chi connectivity index (χ1v) is 7.77. The molecule has 0 heterocycles. The van der Waals surface area contributed by atoms with Gasteiger partial charge in [0.2, 0.25) is 0 Å². The number of aliphatic hydroxyl groups excluding tert-OH is 1. The molecular formula is C19H30ClNO5. The molecule has 0 amide bonds. The first kappa shape index (κ1) is 15.4. The van der Waals surface area contributed by atoms with Crippen molar-refractivity contribution in [1.82, 2.24) is 5.32 Å². The van der Waals surface area contributed by atoms with Crippen molar-refractivity contribution in [3.05, 3.63) is 23.8 Å². The first-order chi connectivity index (χ1) is 13.9. The molecule has 0 aliphatic carbocycles. The maximum atomic E-state index is 12.6. The maximum Gasteiger partial charge on any atom is 0.316 e. The van der Waals surface area contributed by atoms with Crippen LogP contribution in [0.25, 0.3) is 0 Å². The molecule has 0 aliphatic heterocycles. The molecule has 6 nitrogen and oxygen atoms in total. The summed E-state index contributed by atoms with van der Waals surface area (Å²) in [4.78, 5) is 25.1. The van der Waals surface area contributed by atoms with E-state index in [9.17, 15) is 14.7 Å². The van der Waals surface area contributed by atoms with E-state index in [0.29, 0.717) is 5.56 Å². The molecular weight excluding hydrogens is 358 g/mol. The fraction of sp³-hybridized carbons (Fsp3) is 0.579. The van der Waals surface area contributed by atoms with E-state index in [0.717, 1.165) is 0 Å². The van der Waals surface area contributed by atoms with Crippen molar-refractivity contribution in [2.75, 3.05) is 13.6 Å². The minimum atomic E-state index is -2.67. The highest BCUT2D eigenvalue weighted by Gasteiger charge is 2.28. The van der Waals surface area contributed by atoms with Gasteiger partial charge in [-0.15, -0.1) is 12.4 Å². The van der Waals surface area contributed by atoms with Crippen molar-refractivity contribution in [3.63, 3.8) is 0 Å². The third-order valence-electron chi connectivity index (χ3n) is 3.18. The summed E-state index contributed by atoms with van der Waals surface area (Å²) in [6.45, 7) is -0.412. The van der Waals surface area contributed by atoms with E-state index in [4.69, 9.17) is 17.7 Å². The molecule has 0 saturated carbocycles. The minimum Gasteiger partial charge on any atom is -0.422 e. The number of hydrogen-bond acceptors (Lipinski definition) is 6. The van der Waals surface area contributed by atoms with Crippen LogP contribution in [0.4, 0.5) is 0 Å². The van der Waals surface area contributed by atoms with Crippen molar-refractivity contribution in [1.29, 1.82) is 0 Å². The number of esters is 2. The summed E-state index contributed by atoms with van der Waals surface area (Å²) in [6, 6.07) is 3.90. The van der Waals surface area contributed by atoms with Crippen LogP contribution in [0, 0.1) is 10.8 Å². The third-order valence-corrected chi connectivity index (χ3v) is 3.18. The Kier molecular flexibility index (Phi) is 5.55. The van der Waals surface area contributed by atoms with Gasteiger partial charge in [0.15, 0.2) is 11.5 Å². The quantitative estimate of drug-likeness (QED) is 0.590. The molecule has 1 rings (SSSR count). The molecule has 0 aromatic heterocycles. The lowest BCUT2D eigenvalue weighted by molar-refractivity contribution is -0.145. The van der Waals surface area contributed by atoms with Crippen LogP contribution in [0.5, 0.6) is 11.5 Å². The SMILES string of the molecule is Cl.[2H]C([2H])([2H])C(C)(C)C(=O)Oc1ccc(C(O)CNC)cc1OC(=O)C(C)(C)C([2H])([2H])[2H]. The summed E-state index contributed by atoms with van der Waals surface area (Å²) < 4.78 is 55.7. The van der Waals surface area contributed by atoms with Crippen molar-refractivity contribution < 1.29 is 32.4 Å². The van der Waals surface area contributed by atoms with Gasteiger partial charge in [-0.3, -0.25) is 9.59 Å². The summed E-state index contributed by atoms with van der Waals surface area (Å²) in [5.41, 5.74) is -3.44. The van der Waals surface area contributed by atoms with Gasteiger partial charge < -0.3 is 19.9 Å². The summed E-state index contributed by atoms with van der Waals surface area (Å²) in [7, 11) is 1.62. The van der Waals surface area contributed by atoms with E-state index in [1.165, 1.54) is 45.9 Å². The highest BCUT2D eigenvalue weighted by molar-refractivity contribution is 5.85. The van der Waals surface area contributed by atoms with Gasteiger partial charge in [0.1, 0.15) is 0 Å². The Morgan fingerprint density at radius 2 is 1.62 bits per heavy atom. The number of carbonyl (C=O) groups is 2. The van der Waals surface area contributed by atoms with Gasteiger partial charge in [-0.25, -0.2) is 0 Å². The fourth-order valence-corrected chi connectivity index (χ4v) is 1.66. The molecule has 0 spiro atoms. The number of aliphatic hydroxyl groups is 1. The molecule has 0 bridgehead atoms. The Morgan fingerprint density at radius 3 is 2.08 bits per heavy atom. The number of benzene rings is 1. The Morgan fingerprint density at radius 1 is 1.12 bits per heavy atom. The highest BCUT2D eigenvalue weighted by Crippen LogP contribution is 2.34. The van der Waals surface area contributed by atoms with Crippen LogP contribution in [0.1, 0.15) is 61.3 Å². The lowest BCUT2D eigenvalue weighted by Crippen LogP contribution is -2.28. The molecule has 7 heteroatoms. The summed E-state index contributed by atoms with van der Waals surface area (Å²) in [5, 5.41) is 13.0. The van der Waals surface area contributed by atoms with Gasteiger partial charge in [-0.05, 0) is 66.1 Å². The van der Waals surface area contributed by atoms with Gasteiger partial charge in [0, 0.05) is 14.8 Å². The molecule has 26 heavy (non-hydrogen) atoms. The minimum absolute atomic E-state index is 0. The molecule has 1 unspecified atom stereocenters. The predicted molar refractivity (Wildman–Crippen MR) is 103 cm³/mol. The molecule has 0 aliphatic rings. The van der Waals surface area contributed by atoms with E-state index in [1.807, 2.05) is 0 Å². The number of carbonyl (C=O) groups excluding carboxylic acids is 2. The third kappa shape index (κ3) is 6.94. The second-order valence-corrected chi connectivity index (χ2v) is 6.81. The normalized spacial score (nSPS) is 17.2. The average Bonchev–Trinajstić information content (AvgIpc) is 2.61. The van der Waals surface area contributed by atoms with Crippen LogP contribution in [0.3, 0.4) is 0 Å². The number of nitrogens with one attached hydrogen (secondary N) is 1. The van der Waals surface area contributed by atoms with E-state index in [1.54, 1.807) is 7.05 Å². The number of ether oxygens (including phenoxy) is 2. The van der Waals surface area contributed by atoms with Gasteiger partial charge in [0.05, 0.1) is 16.9 Å². The molecule has 1 aromatic carbocycles. The van der Waals surface area contributed by atoms with Crippen molar-refractivity contribution >= 4 is 24.3 Å². The second-order valence-electron chi connectivity index (χ2n) is 6.81. The van der Waals surface area contributed by atoms with Crippen LogP contribution in [-0.4, -0.2) is 30.6 Å². The topological polar surface area (TPSA) is 84.9 Å². The van der Waals surface area contributed by atoms with Crippen molar-refractivity contribution in [2.45, 2.75) is 47.5 Å². The maximum absolute atomic E-state index is 12.6. The average molecular weight is 394 g/mol. The molecule has 1 atom stereocenters. The number of likely N-dealkylation sites (N-methyl/N-ethyl adjacent to an activating group) is 1. The van der Waals surface area contributed by atoms with E-state index in [-0.39, 0.29) is 30.5 Å². The Balaban J connectivity index is 0.00000961. The molecule has 0 saturated heterocycles. The summed E-state index contributed by atoms with van der Waals surface area (Å²) in [5.74, 6) is -2.80. The zero-order chi connectivity index (χ0) is 24.4. The van der Waals surface area contributed by atoms with Crippen molar-refractivity contribution in [3.8, 4) is 11.5 Å². The molecule has 0 fully saturated rings. The van der Waals surface area contributed by atoms with Crippen LogP contribution >= 0.6 is 12.4 Å². The predicted octanol–water partition coefficient (Wildman–Crippen LogP) is 3.26. The Hall–Kier alpha value is -1.63. The number of rotatable bonds is 5. The zero-order valence-corrected chi connectivity index (χ0v) is 16.3. The van der Waals surface area contributed by atoms with Gasteiger partial charge in [-0.1, -0.05) is 6.07 Å². The van der Waals surface area contributed by atoms with Gasteiger partial charge in [0.25, 0.3) is 0 Å². The fourth-order valence-electron chi connectivity index (χ4n) is 1.66. The highest BCUT2D eigenvalue weighted by atomic mass is 35.5. The lowest BCUT2D eigenvalue weighted by Gasteiger charge is -2.21. The summed E-state index contributed by atoms with van der Waals surface area (Å²) in [6.07, 6.45) is -0.998. The lowest BCUT2D eigenvalue weighted by atomic mass is 9.97. The van der Waals surface area contributed by atoms with E-state index >= 15 is 0 Å². The zero-order valence-electron chi connectivity index (χ0n) is 21.5. The second kappa shape index (κ2) is 9.35. The van der Waals surface area contributed by atoms with Crippen LogP contribution in [0.15, 0.2) is 18.2 Å². The standard InChI is InChI=1S/C19H29NO5.ClH/c1-18(2,3)16(22)24-14-9-8-12(13(21)11-20-7)10-15(14)25-17(23)19(4,5)6;/h8-10,13,20-21H,11H2,1-7H3;1H/i1D3,4D3;. The van der Waals surface area contributed by atoms with Crippen LogP contribution < -0.4 is 14.8 Å². The first-order valence-electron chi connectivity index (χ1n) is 10.8. The summed E-state index contributed by atoms with van der Waals surface area (Å²) >= 11 is 0. The van der Waals surface area contributed by atoms with Crippen molar-refractivity contribution in [2.24, 2.45) is 10.8 Å². The number of hydrogen-bond donors (Lipinski definition) is 2. The van der Waals surface area contributed by atoms with Crippen LogP contribution in [0.2, 0.25) is 0 Å². The van der Waals surface area contributed by atoms with Gasteiger partial charge in [-0.2, -0.15) is 0 Å². The van der Waals surface area contributed by atoms with Crippen LogP contribution in [-0.2, 0) is 9.59 Å². The molecule has 148 valence electrons. The molecule has 0 radical (unpaired) electrons. The molecule has 2 N–H and O–H groups in total. The smallest absolute Gasteiger partial charge is 0.316 e. The monoisotopic (exact) mass is 393 g/mol. The largest absolute Gasteiger partial charge is 0.422 e. The van der Waals surface area contributed by atoms with E-state index < -0.39 is 42.6 Å². The molecule has 1 aromatic rings. The number of halogens is 1. The van der Waals surface area contributed by atoms with Gasteiger partial charge >= 0.3 is 11.9 Å². The Bertz CT molecular complexity index is 823. The van der Waals surface area contributed by atoms with E-state index in [2.05, 4.69) is 5.32 Å². The Labute approximate surface area is 170 Å².